The Hall–Kier alpha value is -3.42. The molecule has 0 radical (unpaired) electrons. The Kier molecular flexibility index (Phi) is 6.11. The van der Waals surface area contributed by atoms with Crippen LogP contribution in [0.25, 0.3) is 11.1 Å². The molecule has 0 bridgehead atoms. The first-order valence-electron chi connectivity index (χ1n) is 9.45. The summed E-state index contributed by atoms with van der Waals surface area (Å²) in [5.41, 5.74) is 7.10. The predicted molar refractivity (Wildman–Crippen MR) is 109 cm³/mol. The van der Waals surface area contributed by atoms with Crippen molar-refractivity contribution in [2.45, 2.75) is 31.7 Å². The zero-order chi connectivity index (χ0) is 21.0. The van der Waals surface area contributed by atoms with Crippen molar-refractivity contribution >= 4 is 17.7 Å². The van der Waals surface area contributed by atoms with E-state index in [9.17, 15) is 14.4 Å². The highest BCUT2D eigenvalue weighted by Crippen LogP contribution is 2.25. The topological polar surface area (TPSA) is 138 Å². The molecule has 152 valence electrons. The number of nitrogens with two attached hydrogens (primary N) is 1. The molecule has 1 aromatic heterocycles. The quantitative estimate of drug-likeness (QED) is 0.347. The van der Waals surface area contributed by atoms with Gasteiger partial charge in [0, 0.05) is 17.8 Å². The maximum absolute atomic E-state index is 12.7. The van der Waals surface area contributed by atoms with E-state index in [4.69, 9.17) is 15.9 Å². The first-order chi connectivity index (χ1) is 13.9. The number of amidine groups is 1. The second-order valence-electron chi connectivity index (χ2n) is 7.17. The van der Waals surface area contributed by atoms with Gasteiger partial charge in [0.05, 0.1) is 13.0 Å². The number of aromatic amines is 1. The van der Waals surface area contributed by atoms with Crippen LogP contribution in [0.5, 0.6) is 0 Å². The number of carbonyl (C=O) groups is 2. The first-order valence-corrected chi connectivity index (χ1v) is 9.45. The van der Waals surface area contributed by atoms with E-state index in [1.165, 1.54) is 7.11 Å². The Morgan fingerprint density at radius 3 is 2.38 bits per heavy atom. The lowest BCUT2D eigenvalue weighted by Crippen LogP contribution is -2.40. The van der Waals surface area contributed by atoms with E-state index >= 15 is 0 Å². The number of methoxy groups -OCH3 is 1. The highest BCUT2D eigenvalue weighted by atomic mass is 16.5. The van der Waals surface area contributed by atoms with Crippen LogP contribution in [0, 0.1) is 11.3 Å². The van der Waals surface area contributed by atoms with Gasteiger partial charge in [-0.1, -0.05) is 24.3 Å². The van der Waals surface area contributed by atoms with Crippen molar-refractivity contribution in [1.82, 2.24) is 10.3 Å². The summed E-state index contributed by atoms with van der Waals surface area (Å²) < 4.78 is 4.78. The molecular formula is C21H24N4O4. The van der Waals surface area contributed by atoms with Crippen molar-refractivity contribution in [3.05, 3.63) is 58.0 Å². The van der Waals surface area contributed by atoms with Crippen LogP contribution in [0.1, 0.15) is 41.6 Å². The number of aromatic nitrogens is 1. The average molecular weight is 396 g/mol. The monoisotopic (exact) mass is 396 g/mol. The third kappa shape index (κ3) is 4.71. The SMILES string of the molecule is COC(=O)C1CCC(NC(=O)c2cc(-c3ccc(C(=N)N)cc3)c[nH]c2=O)CC1. The summed E-state index contributed by atoms with van der Waals surface area (Å²) in [5.74, 6) is -0.803. The van der Waals surface area contributed by atoms with Gasteiger partial charge in [0.2, 0.25) is 0 Å². The third-order valence-corrected chi connectivity index (χ3v) is 5.27. The Bertz CT molecular complexity index is 973. The van der Waals surface area contributed by atoms with Gasteiger partial charge in [-0.05, 0) is 42.9 Å². The van der Waals surface area contributed by atoms with Crippen molar-refractivity contribution in [3.63, 3.8) is 0 Å². The molecule has 1 heterocycles. The minimum Gasteiger partial charge on any atom is -0.469 e. The van der Waals surface area contributed by atoms with Crippen molar-refractivity contribution in [3.8, 4) is 11.1 Å². The standard InChI is InChI=1S/C21H24N4O4/c1-29-21(28)14-6-8-16(9-7-14)25-20(27)17-10-15(11-24-19(17)26)12-2-4-13(5-3-12)18(22)23/h2-5,10-11,14,16H,6-9H2,1H3,(H3,22,23)(H,24,26)(H,25,27). The maximum atomic E-state index is 12.7. The number of esters is 1. The summed E-state index contributed by atoms with van der Waals surface area (Å²) in [6.07, 6.45) is 4.17. The van der Waals surface area contributed by atoms with Crippen LogP contribution in [0.15, 0.2) is 41.3 Å². The summed E-state index contributed by atoms with van der Waals surface area (Å²) in [6.45, 7) is 0. The fraction of sp³-hybridized carbons (Fsp3) is 0.333. The number of hydrogen-bond acceptors (Lipinski definition) is 5. The van der Waals surface area contributed by atoms with Crippen LogP contribution in [-0.4, -0.2) is 35.8 Å². The molecule has 1 saturated carbocycles. The molecule has 8 heteroatoms. The molecule has 0 saturated heterocycles. The Balaban J connectivity index is 1.71. The lowest BCUT2D eigenvalue weighted by Gasteiger charge is -2.27. The number of nitrogens with one attached hydrogen (secondary N) is 3. The van der Waals surface area contributed by atoms with E-state index in [0.717, 1.165) is 5.56 Å². The van der Waals surface area contributed by atoms with E-state index in [2.05, 4.69) is 10.3 Å². The largest absolute Gasteiger partial charge is 0.469 e. The number of pyridine rings is 1. The first kappa shape index (κ1) is 20.3. The van der Waals surface area contributed by atoms with Gasteiger partial charge >= 0.3 is 5.97 Å². The van der Waals surface area contributed by atoms with E-state index < -0.39 is 11.5 Å². The second-order valence-corrected chi connectivity index (χ2v) is 7.17. The normalized spacial score (nSPS) is 18.7. The van der Waals surface area contributed by atoms with Crippen LogP contribution >= 0.6 is 0 Å². The van der Waals surface area contributed by atoms with Crippen molar-refractivity contribution in [2.24, 2.45) is 11.7 Å². The zero-order valence-electron chi connectivity index (χ0n) is 16.2. The smallest absolute Gasteiger partial charge is 0.308 e. The van der Waals surface area contributed by atoms with Gasteiger partial charge in [-0.25, -0.2) is 0 Å². The number of rotatable bonds is 5. The van der Waals surface area contributed by atoms with Crippen LogP contribution in [0.4, 0.5) is 0 Å². The molecule has 0 unspecified atom stereocenters. The summed E-state index contributed by atoms with van der Waals surface area (Å²) >= 11 is 0. The molecule has 0 aliphatic heterocycles. The number of H-pyrrole nitrogens is 1. The van der Waals surface area contributed by atoms with Gasteiger partial charge in [-0.15, -0.1) is 0 Å². The van der Waals surface area contributed by atoms with Crippen LogP contribution in [-0.2, 0) is 9.53 Å². The summed E-state index contributed by atoms with van der Waals surface area (Å²) in [7, 11) is 1.38. The molecule has 1 fully saturated rings. The summed E-state index contributed by atoms with van der Waals surface area (Å²) in [5, 5.41) is 10.4. The lowest BCUT2D eigenvalue weighted by atomic mass is 9.86. The van der Waals surface area contributed by atoms with E-state index in [-0.39, 0.29) is 29.3 Å². The fourth-order valence-electron chi connectivity index (χ4n) is 3.56. The molecule has 1 amide bonds. The highest BCUT2D eigenvalue weighted by Gasteiger charge is 2.28. The second kappa shape index (κ2) is 8.72. The number of benzene rings is 1. The summed E-state index contributed by atoms with van der Waals surface area (Å²) in [4.78, 5) is 39.1. The Morgan fingerprint density at radius 1 is 1.14 bits per heavy atom. The number of hydrogen-bond donors (Lipinski definition) is 4. The van der Waals surface area contributed by atoms with Gasteiger partial charge in [-0.2, -0.15) is 0 Å². The molecule has 2 aromatic rings. The molecular weight excluding hydrogens is 372 g/mol. The number of amides is 1. The Labute approximate surface area is 168 Å². The van der Waals surface area contributed by atoms with Crippen molar-refractivity contribution < 1.29 is 14.3 Å². The van der Waals surface area contributed by atoms with E-state index in [1.807, 2.05) is 0 Å². The van der Waals surface area contributed by atoms with Crippen molar-refractivity contribution in [1.29, 1.82) is 5.41 Å². The van der Waals surface area contributed by atoms with Gasteiger partial charge in [0.25, 0.3) is 11.5 Å². The average Bonchev–Trinajstić information content (AvgIpc) is 2.74. The van der Waals surface area contributed by atoms with E-state index in [1.54, 1.807) is 36.5 Å². The van der Waals surface area contributed by atoms with Gasteiger partial charge in [0.1, 0.15) is 11.4 Å². The molecule has 1 aliphatic rings. The number of nitrogen functional groups attached to an aromatic ring is 1. The Morgan fingerprint density at radius 2 is 1.79 bits per heavy atom. The zero-order valence-corrected chi connectivity index (χ0v) is 16.2. The third-order valence-electron chi connectivity index (χ3n) is 5.27. The minimum atomic E-state index is -0.463. The molecule has 0 atom stereocenters. The van der Waals surface area contributed by atoms with Gasteiger partial charge in [-0.3, -0.25) is 19.8 Å². The van der Waals surface area contributed by atoms with Crippen molar-refractivity contribution in [2.75, 3.05) is 7.11 Å². The highest BCUT2D eigenvalue weighted by molar-refractivity contribution is 5.96. The fourth-order valence-corrected chi connectivity index (χ4v) is 3.56. The van der Waals surface area contributed by atoms with Crippen LogP contribution in [0.2, 0.25) is 0 Å². The molecule has 1 aliphatic carbocycles. The lowest BCUT2D eigenvalue weighted by molar-refractivity contribution is -0.146. The van der Waals surface area contributed by atoms with E-state index in [0.29, 0.717) is 36.8 Å². The van der Waals surface area contributed by atoms with Gasteiger partial charge < -0.3 is 20.8 Å². The molecule has 8 nitrogen and oxygen atoms in total. The molecule has 1 aromatic carbocycles. The van der Waals surface area contributed by atoms with Crippen LogP contribution < -0.4 is 16.6 Å². The number of ether oxygens (including phenoxy) is 1. The maximum Gasteiger partial charge on any atom is 0.308 e. The van der Waals surface area contributed by atoms with Gasteiger partial charge in [0.15, 0.2) is 0 Å². The molecule has 3 rings (SSSR count). The molecule has 5 N–H and O–H groups in total. The molecule has 0 spiro atoms. The molecule has 29 heavy (non-hydrogen) atoms. The summed E-state index contributed by atoms with van der Waals surface area (Å²) in [6, 6.07) is 8.45. The predicted octanol–water partition coefficient (Wildman–Crippen LogP) is 1.79. The number of carbonyl (C=O) groups excluding carboxylic acids is 2. The van der Waals surface area contributed by atoms with Crippen LogP contribution in [0.3, 0.4) is 0 Å². The minimum absolute atomic E-state index is 0.0278.